The molecule has 0 aromatic heterocycles. The van der Waals surface area contributed by atoms with Crippen LogP contribution in [0.4, 0.5) is 0 Å². The van der Waals surface area contributed by atoms with Gasteiger partial charge in [0, 0.05) is 18.4 Å². The molecule has 0 radical (unpaired) electrons. The van der Waals surface area contributed by atoms with Gasteiger partial charge >= 0.3 is 0 Å². The van der Waals surface area contributed by atoms with Crippen molar-refractivity contribution in [3.05, 3.63) is 71.8 Å². The van der Waals surface area contributed by atoms with Gasteiger partial charge in [0.15, 0.2) is 0 Å². The van der Waals surface area contributed by atoms with Gasteiger partial charge in [0.2, 0.25) is 0 Å². The maximum Gasteiger partial charge on any atom is 0.120 e. The first-order chi connectivity index (χ1) is 14.5. The molecule has 162 valence electrons. The summed E-state index contributed by atoms with van der Waals surface area (Å²) < 4.78 is 6.16. The normalized spacial score (nSPS) is 29.8. The maximum absolute atomic E-state index is 11.9. The summed E-state index contributed by atoms with van der Waals surface area (Å²) in [7, 11) is 0. The van der Waals surface area contributed by atoms with E-state index in [1.165, 1.54) is 38.8 Å². The molecule has 3 atom stereocenters. The number of quaternary nitrogens is 1. The van der Waals surface area contributed by atoms with E-state index in [2.05, 4.69) is 38.1 Å². The van der Waals surface area contributed by atoms with Crippen molar-refractivity contribution >= 4 is 0 Å². The van der Waals surface area contributed by atoms with E-state index < -0.39 is 5.60 Å². The number of ether oxygens (including phenoxy) is 1. The Balaban J connectivity index is 1.50. The average molecular weight is 409 g/mol. The first-order valence-corrected chi connectivity index (χ1v) is 11.8. The number of benzene rings is 2. The zero-order valence-corrected chi connectivity index (χ0v) is 18.7. The van der Waals surface area contributed by atoms with Crippen molar-refractivity contribution in [2.24, 2.45) is 5.41 Å². The number of hydrogen-bond donors (Lipinski definition) is 2. The van der Waals surface area contributed by atoms with Crippen LogP contribution < -0.4 is 4.90 Å². The van der Waals surface area contributed by atoms with Gasteiger partial charge in [-0.15, -0.1) is 0 Å². The van der Waals surface area contributed by atoms with Gasteiger partial charge in [-0.3, -0.25) is 0 Å². The van der Waals surface area contributed by atoms with Gasteiger partial charge in [0.1, 0.15) is 5.60 Å². The molecule has 1 unspecified atom stereocenters. The smallest absolute Gasteiger partial charge is 0.120 e. The maximum atomic E-state index is 11.9. The summed E-state index contributed by atoms with van der Waals surface area (Å²) >= 11 is 0. The molecule has 4 rings (SSSR count). The third-order valence-corrected chi connectivity index (χ3v) is 7.79. The van der Waals surface area contributed by atoms with E-state index in [9.17, 15) is 5.11 Å². The molecular weight excluding hydrogens is 370 g/mol. The molecule has 2 aliphatic rings. The highest BCUT2D eigenvalue weighted by atomic mass is 16.5. The highest BCUT2D eigenvalue weighted by molar-refractivity contribution is 5.35. The van der Waals surface area contributed by atoms with Crippen LogP contribution in [0, 0.1) is 5.41 Å². The topological polar surface area (TPSA) is 33.9 Å². The molecule has 2 heterocycles. The Kier molecular flexibility index (Phi) is 6.34. The van der Waals surface area contributed by atoms with Crippen molar-refractivity contribution in [2.75, 3.05) is 26.2 Å². The molecule has 2 fully saturated rings. The molecule has 2 aliphatic heterocycles. The molecule has 0 bridgehead atoms. The average Bonchev–Trinajstić information content (AvgIpc) is 2.79. The lowest BCUT2D eigenvalue weighted by Gasteiger charge is -2.49. The molecular formula is C27H38NO2+. The molecule has 2 aromatic rings. The van der Waals surface area contributed by atoms with E-state index in [0.29, 0.717) is 5.41 Å². The summed E-state index contributed by atoms with van der Waals surface area (Å²) in [5.74, 6) is 0. The molecule has 3 heteroatoms. The van der Waals surface area contributed by atoms with Crippen LogP contribution in [0.5, 0.6) is 0 Å². The summed E-state index contributed by atoms with van der Waals surface area (Å²) in [6.07, 6.45) is 6.82. The lowest BCUT2D eigenvalue weighted by atomic mass is 9.68. The van der Waals surface area contributed by atoms with Crippen LogP contribution >= 0.6 is 0 Å². The van der Waals surface area contributed by atoms with E-state index in [1.807, 2.05) is 36.4 Å². The first-order valence-electron chi connectivity index (χ1n) is 11.8. The van der Waals surface area contributed by atoms with Crippen molar-refractivity contribution in [1.29, 1.82) is 0 Å². The number of aliphatic hydroxyl groups is 1. The van der Waals surface area contributed by atoms with Crippen molar-refractivity contribution in [3.63, 3.8) is 0 Å². The predicted octanol–water partition coefficient (Wildman–Crippen LogP) is 3.96. The summed E-state index contributed by atoms with van der Waals surface area (Å²) in [5, 5.41) is 11.9. The molecule has 30 heavy (non-hydrogen) atoms. The molecule has 0 saturated carbocycles. The summed E-state index contributed by atoms with van der Waals surface area (Å²) in [6, 6.07) is 20.4. The Bertz CT molecular complexity index is 765. The lowest BCUT2D eigenvalue weighted by Crippen LogP contribution is -3.14. The molecule has 2 aromatic carbocycles. The van der Waals surface area contributed by atoms with E-state index in [1.54, 1.807) is 4.90 Å². The van der Waals surface area contributed by atoms with Crippen molar-refractivity contribution in [2.45, 2.75) is 63.6 Å². The second kappa shape index (κ2) is 8.82. The van der Waals surface area contributed by atoms with Crippen molar-refractivity contribution in [3.8, 4) is 0 Å². The zero-order valence-electron chi connectivity index (χ0n) is 18.7. The van der Waals surface area contributed by atoms with Gasteiger partial charge < -0.3 is 14.7 Å². The molecule has 3 nitrogen and oxygen atoms in total. The van der Waals surface area contributed by atoms with E-state index in [0.717, 1.165) is 37.1 Å². The Hall–Kier alpha value is -1.68. The fourth-order valence-electron chi connectivity index (χ4n) is 5.91. The quantitative estimate of drug-likeness (QED) is 0.759. The molecule has 2 N–H and O–H groups in total. The fourth-order valence-corrected chi connectivity index (χ4v) is 5.91. The zero-order chi connectivity index (χ0) is 21.1. The Morgan fingerprint density at radius 2 is 1.63 bits per heavy atom. The second-order valence-corrected chi connectivity index (χ2v) is 9.95. The summed E-state index contributed by atoms with van der Waals surface area (Å²) in [4.78, 5) is 1.65. The van der Waals surface area contributed by atoms with E-state index in [4.69, 9.17) is 4.74 Å². The van der Waals surface area contributed by atoms with Crippen molar-refractivity contribution < 1.29 is 14.7 Å². The van der Waals surface area contributed by atoms with Gasteiger partial charge in [0.05, 0.1) is 25.2 Å². The molecule has 1 spiro atoms. The van der Waals surface area contributed by atoms with Crippen LogP contribution in [0.15, 0.2) is 60.7 Å². The SMILES string of the molecule is CC[C@@]1(C)C[C@]2(CCC[NH+](CCC(O)(c3ccccc3)c3ccccc3)C2)CCO1. The van der Waals surface area contributed by atoms with Crippen LogP contribution in [0.1, 0.15) is 63.5 Å². The van der Waals surface area contributed by atoms with Gasteiger partial charge in [-0.25, -0.2) is 0 Å². The molecule has 2 saturated heterocycles. The Morgan fingerprint density at radius 3 is 2.23 bits per heavy atom. The first kappa shape index (κ1) is 21.5. The Morgan fingerprint density at radius 1 is 1.00 bits per heavy atom. The number of nitrogens with one attached hydrogen (secondary N) is 1. The highest BCUT2D eigenvalue weighted by Crippen LogP contribution is 2.43. The van der Waals surface area contributed by atoms with Crippen LogP contribution in [-0.2, 0) is 10.3 Å². The third kappa shape index (κ3) is 4.49. The number of piperidine rings is 1. The third-order valence-electron chi connectivity index (χ3n) is 7.79. The number of hydrogen-bond acceptors (Lipinski definition) is 2. The number of rotatable bonds is 6. The van der Waals surface area contributed by atoms with Gasteiger partial charge in [0.25, 0.3) is 0 Å². The molecule has 0 amide bonds. The van der Waals surface area contributed by atoms with Gasteiger partial charge in [-0.1, -0.05) is 67.6 Å². The minimum atomic E-state index is -0.937. The monoisotopic (exact) mass is 408 g/mol. The lowest BCUT2D eigenvalue weighted by molar-refractivity contribution is -0.914. The largest absolute Gasteiger partial charge is 0.380 e. The van der Waals surface area contributed by atoms with Crippen LogP contribution in [0.2, 0.25) is 0 Å². The Labute approximate surface area is 182 Å². The summed E-state index contributed by atoms with van der Waals surface area (Å²) in [6.45, 7) is 8.87. The number of likely N-dealkylation sites (tertiary alicyclic amines) is 1. The summed E-state index contributed by atoms with van der Waals surface area (Å²) in [5.41, 5.74) is 1.50. The predicted molar refractivity (Wildman–Crippen MR) is 122 cm³/mol. The van der Waals surface area contributed by atoms with E-state index in [-0.39, 0.29) is 5.60 Å². The van der Waals surface area contributed by atoms with Gasteiger partial charge in [-0.05, 0) is 50.2 Å². The van der Waals surface area contributed by atoms with Crippen molar-refractivity contribution in [1.82, 2.24) is 0 Å². The molecule has 0 aliphatic carbocycles. The minimum absolute atomic E-state index is 0.0372. The van der Waals surface area contributed by atoms with Crippen LogP contribution in [0.3, 0.4) is 0 Å². The van der Waals surface area contributed by atoms with Gasteiger partial charge in [-0.2, -0.15) is 0 Å². The van der Waals surface area contributed by atoms with Crippen LogP contribution in [-0.4, -0.2) is 36.9 Å². The fraction of sp³-hybridized carbons (Fsp3) is 0.556. The van der Waals surface area contributed by atoms with E-state index >= 15 is 0 Å². The standard InChI is InChI=1S/C27H37NO2/c1-3-25(2)21-26(17-20-30-25)15-10-18-28(22-26)19-16-27(29,23-11-6-4-7-12-23)24-13-8-5-9-14-24/h4-9,11-14,29H,3,10,15-22H2,1-2H3/p+1/t25-,26-/m0/s1. The highest BCUT2D eigenvalue weighted by Gasteiger charge is 2.46. The second-order valence-electron chi connectivity index (χ2n) is 9.95. The van der Waals surface area contributed by atoms with Crippen LogP contribution in [0.25, 0.3) is 0 Å². The minimum Gasteiger partial charge on any atom is -0.380 e.